The molecule has 7 heteroatoms. The van der Waals surface area contributed by atoms with Gasteiger partial charge in [0.15, 0.2) is 5.78 Å². The lowest BCUT2D eigenvalue weighted by Crippen LogP contribution is -2.13. The highest BCUT2D eigenvalue weighted by atomic mass is 32.1. The molecule has 0 bridgehead atoms. The fourth-order valence-corrected chi connectivity index (χ4v) is 4.62. The number of aromatic nitrogens is 2. The number of pyridine rings is 2. The number of carbonyl (C=O) groups is 2. The molecule has 138 valence electrons. The monoisotopic (exact) mass is 388 g/mol. The molecule has 1 aliphatic rings. The summed E-state index contributed by atoms with van der Waals surface area (Å²) in [6.45, 7) is 0. The van der Waals surface area contributed by atoms with Crippen LogP contribution in [0.25, 0.3) is 21.0 Å². The average Bonchev–Trinajstić information content (AvgIpc) is 3.03. The van der Waals surface area contributed by atoms with E-state index in [1.165, 1.54) is 11.3 Å². The van der Waals surface area contributed by atoms with Crippen molar-refractivity contribution < 1.29 is 9.59 Å². The number of hydrogen-bond acceptors (Lipinski definition) is 6. The molecule has 4 aromatic rings. The van der Waals surface area contributed by atoms with Crippen LogP contribution in [0.3, 0.4) is 0 Å². The molecule has 3 aromatic heterocycles. The molecule has 6 nitrogen and oxygen atoms in total. The Hall–Kier alpha value is -3.32. The van der Waals surface area contributed by atoms with Crippen molar-refractivity contribution in [3.05, 3.63) is 58.9 Å². The van der Waals surface area contributed by atoms with Gasteiger partial charge in [-0.2, -0.15) is 0 Å². The van der Waals surface area contributed by atoms with E-state index in [2.05, 4.69) is 15.3 Å². The number of Topliss-reactive ketones (excluding diaryl/α,β-unsaturated/α-hetero) is 1. The van der Waals surface area contributed by atoms with Crippen molar-refractivity contribution in [3.63, 3.8) is 0 Å². The zero-order valence-corrected chi connectivity index (χ0v) is 15.7. The molecule has 5 rings (SSSR count). The van der Waals surface area contributed by atoms with Crippen LogP contribution in [0.1, 0.15) is 38.6 Å². The average molecular weight is 388 g/mol. The number of carbonyl (C=O) groups excluding carboxylic acids is 2. The molecule has 0 atom stereocenters. The van der Waals surface area contributed by atoms with Gasteiger partial charge in [-0.05, 0) is 18.9 Å². The number of ketones is 1. The lowest BCUT2D eigenvalue weighted by molar-refractivity contribution is 0.0970. The first-order valence-corrected chi connectivity index (χ1v) is 9.82. The number of benzene rings is 1. The van der Waals surface area contributed by atoms with Crippen LogP contribution >= 0.6 is 11.3 Å². The Labute approximate surface area is 164 Å². The van der Waals surface area contributed by atoms with E-state index in [-0.39, 0.29) is 11.7 Å². The van der Waals surface area contributed by atoms with Crippen molar-refractivity contribution >= 4 is 55.4 Å². The second-order valence-corrected chi connectivity index (χ2v) is 7.82. The predicted molar refractivity (Wildman–Crippen MR) is 111 cm³/mol. The summed E-state index contributed by atoms with van der Waals surface area (Å²) in [4.78, 5) is 35.0. The third kappa shape index (κ3) is 2.63. The summed E-state index contributed by atoms with van der Waals surface area (Å²) in [6.07, 6.45) is 5.50. The maximum Gasteiger partial charge on any atom is 0.268 e. The molecular formula is C21H16N4O2S. The van der Waals surface area contributed by atoms with Gasteiger partial charge < -0.3 is 11.1 Å². The van der Waals surface area contributed by atoms with Crippen LogP contribution in [0.15, 0.2) is 42.7 Å². The normalized spacial score (nSPS) is 13.6. The Morgan fingerprint density at radius 1 is 1.14 bits per heavy atom. The maximum absolute atomic E-state index is 12.9. The van der Waals surface area contributed by atoms with Crippen molar-refractivity contribution in [3.8, 4) is 0 Å². The highest BCUT2D eigenvalue weighted by Crippen LogP contribution is 2.36. The van der Waals surface area contributed by atoms with Gasteiger partial charge in [-0.3, -0.25) is 14.6 Å². The number of nitrogens with one attached hydrogen (secondary N) is 1. The number of aryl methyl sites for hydroxylation is 1. The molecule has 0 spiro atoms. The Morgan fingerprint density at radius 3 is 2.89 bits per heavy atom. The Morgan fingerprint density at radius 2 is 2.00 bits per heavy atom. The molecule has 0 unspecified atom stereocenters. The molecule has 0 fully saturated rings. The van der Waals surface area contributed by atoms with Crippen molar-refractivity contribution in [1.82, 2.24) is 9.97 Å². The Balaban J connectivity index is 1.56. The quantitative estimate of drug-likeness (QED) is 0.536. The van der Waals surface area contributed by atoms with Crippen LogP contribution in [0.2, 0.25) is 0 Å². The van der Waals surface area contributed by atoms with Gasteiger partial charge in [0.25, 0.3) is 5.91 Å². The van der Waals surface area contributed by atoms with Gasteiger partial charge in [0, 0.05) is 34.3 Å². The number of nitrogens with two attached hydrogens (primary N) is 1. The van der Waals surface area contributed by atoms with E-state index in [4.69, 9.17) is 5.73 Å². The van der Waals surface area contributed by atoms with Crippen LogP contribution in [-0.4, -0.2) is 21.7 Å². The molecule has 1 aromatic carbocycles. The van der Waals surface area contributed by atoms with Gasteiger partial charge in [0.1, 0.15) is 9.71 Å². The van der Waals surface area contributed by atoms with Crippen LogP contribution < -0.4 is 11.1 Å². The number of rotatable bonds is 2. The third-order valence-electron chi connectivity index (χ3n) is 5.04. The topological polar surface area (TPSA) is 98.0 Å². The van der Waals surface area contributed by atoms with Crippen LogP contribution in [-0.2, 0) is 6.42 Å². The van der Waals surface area contributed by atoms with E-state index in [9.17, 15) is 9.59 Å². The lowest BCUT2D eigenvalue weighted by atomic mass is 9.94. The molecule has 3 heterocycles. The molecule has 0 saturated heterocycles. The first-order valence-electron chi connectivity index (χ1n) is 9.01. The summed E-state index contributed by atoms with van der Waals surface area (Å²) in [5.41, 5.74) is 8.69. The second kappa shape index (κ2) is 6.38. The van der Waals surface area contributed by atoms with E-state index in [0.717, 1.165) is 29.3 Å². The smallest absolute Gasteiger partial charge is 0.268 e. The number of hydrogen-bond donors (Lipinski definition) is 2. The molecule has 28 heavy (non-hydrogen) atoms. The fourth-order valence-electron chi connectivity index (χ4n) is 3.62. The largest absolute Gasteiger partial charge is 0.397 e. The highest BCUT2D eigenvalue weighted by molar-refractivity contribution is 7.21. The van der Waals surface area contributed by atoms with Gasteiger partial charge in [-0.15, -0.1) is 11.3 Å². The van der Waals surface area contributed by atoms with E-state index < -0.39 is 0 Å². The molecule has 3 N–H and O–H groups in total. The summed E-state index contributed by atoms with van der Waals surface area (Å²) in [6, 6.07) is 9.51. The van der Waals surface area contributed by atoms with Crippen molar-refractivity contribution in [1.29, 1.82) is 0 Å². The summed E-state index contributed by atoms with van der Waals surface area (Å²) in [5, 5.41) is 5.43. The van der Waals surface area contributed by atoms with Crippen molar-refractivity contribution in [2.75, 3.05) is 11.1 Å². The first kappa shape index (κ1) is 16.8. The van der Waals surface area contributed by atoms with Gasteiger partial charge >= 0.3 is 0 Å². The van der Waals surface area contributed by atoms with Gasteiger partial charge in [-0.25, -0.2) is 4.98 Å². The van der Waals surface area contributed by atoms with Crippen molar-refractivity contribution in [2.45, 2.75) is 19.3 Å². The predicted octanol–water partition coefficient (Wildman–Crippen LogP) is 4.20. The first-order chi connectivity index (χ1) is 13.6. The SMILES string of the molecule is Nc1c(C(=O)Nc2cncc3ccccc23)sc2nc3c(cc12)C(=O)CCC3. The summed E-state index contributed by atoms with van der Waals surface area (Å²) < 4.78 is 0. The van der Waals surface area contributed by atoms with Gasteiger partial charge in [-0.1, -0.05) is 24.3 Å². The maximum atomic E-state index is 12.9. The molecule has 0 saturated carbocycles. The minimum absolute atomic E-state index is 0.0917. The number of fused-ring (bicyclic) bond motifs is 3. The number of anilines is 2. The fraction of sp³-hybridized carbons (Fsp3) is 0.143. The zero-order chi connectivity index (χ0) is 19.3. The van der Waals surface area contributed by atoms with E-state index >= 15 is 0 Å². The number of thiophene rings is 1. The summed E-state index contributed by atoms with van der Waals surface area (Å²) >= 11 is 1.25. The molecule has 1 amide bonds. The van der Waals surface area contributed by atoms with Crippen LogP contribution in [0, 0.1) is 0 Å². The summed E-state index contributed by atoms with van der Waals surface area (Å²) in [7, 11) is 0. The van der Waals surface area contributed by atoms with E-state index in [0.29, 0.717) is 38.5 Å². The van der Waals surface area contributed by atoms with E-state index in [1.54, 1.807) is 18.5 Å². The zero-order valence-electron chi connectivity index (χ0n) is 14.9. The number of nitrogens with zero attached hydrogens (tertiary/aromatic N) is 2. The van der Waals surface area contributed by atoms with E-state index in [1.807, 2.05) is 24.3 Å². The lowest BCUT2D eigenvalue weighted by Gasteiger charge is -2.13. The Kier molecular flexibility index (Phi) is 3.84. The second-order valence-electron chi connectivity index (χ2n) is 6.82. The van der Waals surface area contributed by atoms with Crippen LogP contribution in [0.4, 0.5) is 11.4 Å². The molecular weight excluding hydrogens is 372 g/mol. The highest BCUT2D eigenvalue weighted by Gasteiger charge is 2.24. The van der Waals surface area contributed by atoms with Gasteiger partial charge in [0.2, 0.25) is 0 Å². The Bertz CT molecular complexity index is 1270. The molecule has 1 aliphatic carbocycles. The summed E-state index contributed by atoms with van der Waals surface area (Å²) in [5.74, 6) is -0.211. The number of nitrogen functional groups attached to an aromatic ring is 1. The standard InChI is InChI=1S/C21H16N4O2S/c22-18-14-8-13-15(6-3-7-17(13)26)25-21(14)28-19(18)20(27)24-16-10-23-9-11-4-1-2-5-12(11)16/h1-2,4-5,8-10H,3,6-7,22H2,(H,24,27). The van der Waals surface area contributed by atoms with Crippen molar-refractivity contribution in [2.24, 2.45) is 0 Å². The minimum atomic E-state index is -0.303. The number of amides is 1. The van der Waals surface area contributed by atoms with Crippen LogP contribution in [0.5, 0.6) is 0 Å². The molecule has 0 aliphatic heterocycles. The minimum Gasteiger partial charge on any atom is -0.397 e. The molecule has 0 radical (unpaired) electrons. The van der Waals surface area contributed by atoms with Gasteiger partial charge in [0.05, 0.1) is 23.3 Å². The third-order valence-corrected chi connectivity index (χ3v) is 6.15.